The van der Waals surface area contributed by atoms with Crippen molar-refractivity contribution in [3.8, 4) is 0 Å². The number of ether oxygens (including phenoxy) is 1. The minimum absolute atomic E-state index is 0.944. The van der Waals surface area contributed by atoms with Crippen molar-refractivity contribution in [3.63, 3.8) is 0 Å². The number of methoxy groups -OCH3 is 1. The molecule has 0 spiro atoms. The minimum atomic E-state index is 0.944. The zero-order valence-corrected chi connectivity index (χ0v) is 23.8. The molecule has 0 saturated heterocycles. The molecule has 0 aromatic rings. The summed E-state index contributed by atoms with van der Waals surface area (Å²) < 4.78 is 5.10. The lowest BCUT2D eigenvalue weighted by Crippen LogP contribution is -1.91. The highest BCUT2D eigenvalue weighted by atomic mass is 16.5. The molecule has 0 amide bonds. The number of hydrogen-bond donors (Lipinski definition) is 0. The average molecular weight is 467 g/mol. The van der Waals surface area contributed by atoms with Gasteiger partial charge in [-0.25, -0.2) is 0 Å². The Bertz CT molecular complexity index is 326. The van der Waals surface area contributed by atoms with Crippen molar-refractivity contribution < 1.29 is 4.74 Å². The maximum Gasteiger partial charge on any atom is 0.0462 e. The predicted octanol–water partition coefficient (Wildman–Crippen LogP) is 11.8. The van der Waals surface area contributed by atoms with Crippen molar-refractivity contribution in [1.29, 1.82) is 0 Å². The summed E-state index contributed by atoms with van der Waals surface area (Å²) in [6.45, 7) is 5.67. The van der Waals surface area contributed by atoms with Gasteiger partial charge in [-0.1, -0.05) is 181 Å². The van der Waals surface area contributed by atoms with Crippen LogP contribution in [0, 0.1) is 5.92 Å². The van der Waals surface area contributed by atoms with E-state index in [1.165, 1.54) is 173 Å². The quantitative estimate of drug-likeness (QED) is 0.0995. The van der Waals surface area contributed by atoms with E-state index in [4.69, 9.17) is 4.74 Å². The SMILES string of the molecule is CCC(C)CCCCCCCCCCCCCCCCCCCCCCCCCCCOC. The van der Waals surface area contributed by atoms with Gasteiger partial charge in [0.2, 0.25) is 0 Å². The molecule has 33 heavy (non-hydrogen) atoms. The van der Waals surface area contributed by atoms with E-state index in [1.807, 2.05) is 0 Å². The molecule has 1 atom stereocenters. The fourth-order valence-electron chi connectivity index (χ4n) is 5.01. The fourth-order valence-corrected chi connectivity index (χ4v) is 5.01. The molecule has 0 aromatic carbocycles. The summed E-state index contributed by atoms with van der Waals surface area (Å²) in [4.78, 5) is 0. The van der Waals surface area contributed by atoms with E-state index in [1.54, 1.807) is 7.11 Å². The molecule has 0 rings (SSSR count). The van der Waals surface area contributed by atoms with Crippen molar-refractivity contribution >= 4 is 0 Å². The monoisotopic (exact) mass is 467 g/mol. The maximum absolute atomic E-state index is 5.10. The Morgan fingerprint density at radius 3 is 0.879 bits per heavy atom. The van der Waals surface area contributed by atoms with Crippen LogP contribution in [0.4, 0.5) is 0 Å². The summed E-state index contributed by atoms with van der Waals surface area (Å²) in [6, 6.07) is 0. The van der Waals surface area contributed by atoms with Gasteiger partial charge in [0.25, 0.3) is 0 Å². The summed E-state index contributed by atoms with van der Waals surface area (Å²) in [5, 5.41) is 0. The molecular weight excluding hydrogens is 400 g/mol. The fraction of sp³-hybridized carbons (Fsp3) is 1.00. The molecule has 0 radical (unpaired) electrons. The number of unbranched alkanes of at least 4 members (excludes halogenated alkanes) is 24. The van der Waals surface area contributed by atoms with Crippen LogP contribution in [0.3, 0.4) is 0 Å². The van der Waals surface area contributed by atoms with E-state index in [2.05, 4.69) is 13.8 Å². The Hall–Kier alpha value is -0.0400. The summed E-state index contributed by atoms with van der Waals surface area (Å²) in [7, 11) is 1.81. The Labute approximate surface area is 211 Å². The molecule has 1 unspecified atom stereocenters. The molecule has 0 N–H and O–H groups in total. The van der Waals surface area contributed by atoms with Gasteiger partial charge in [-0.2, -0.15) is 0 Å². The molecule has 200 valence electrons. The van der Waals surface area contributed by atoms with Gasteiger partial charge >= 0.3 is 0 Å². The van der Waals surface area contributed by atoms with Gasteiger partial charge in [-0.3, -0.25) is 0 Å². The standard InChI is InChI=1S/C32H66O/c1-4-32(2)30-28-26-24-22-20-18-16-14-12-10-8-6-5-7-9-11-13-15-17-19-21-23-25-27-29-31-33-3/h32H,4-31H2,1-3H3. The van der Waals surface area contributed by atoms with Crippen LogP contribution >= 0.6 is 0 Å². The smallest absolute Gasteiger partial charge is 0.0462 e. The van der Waals surface area contributed by atoms with Gasteiger partial charge in [0, 0.05) is 13.7 Å². The van der Waals surface area contributed by atoms with E-state index in [0.29, 0.717) is 0 Å². The second-order valence-corrected chi connectivity index (χ2v) is 11.1. The Balaban J connectivity index is 3.01. The molecule has 0 aliphatic carbocycles. The first kappa shape index (κ1) is 33.0. The zero-order chi connectivity index (χ0) is 24.1. The molecule has 0 bridgehead atoms. The summed E-state index contributed by atoms with van der Waals surface area (Å²) in [5.41, 5.74) is 0. The van der Waals surface area contributed by atoms with Crippen molar-refractivity contribution in [2.24, 2.45) is 5.92 Å². The van der Waals surface area contributed by atoms with E-state index in [-0.39, 0.29) is 0 Å². The van der Waals surface area contributed by atoms with Gasteiger partial charge in [-0.15, -0.1) is 0 Å². The molecule has 0 aliphatic rings. The molecule has 0 heterocycles. The van der Waals surface area contributed by atoms with Crippen molar-refractivity contribution in [2.45, 2.75) is 187 Å². The first-order chi connectivity index (χ1) is 16.3. The third-order valence-electron chi connectivity index (χ3n) is 7.74. The van der Waals surface area contributed by atoms with Crippen LogP contribution in [0.25, 0.3) is 0 Å². The van der Waals surface area contributed by atoms with Gasteiger partial charge in [0.05, 0.1) is 0 Å². The predicted molar refractivity (Wildman–Crippen MR) is 151 cm³/mol. The van der Waals surface area contributed by atoms with E-state index in [9.17, 15) is 0 Å². The van der Waals surface area contributed by atoms with Crippen molar-refractivity contribution in [2.75, 3.05) is 13.7 Å². The largest absolute Gasteiger partial charge is 0.385 e. The Morgan fingerprint density at radius 1 is 0.394 bits per heavy atom. The normalized spacial score (nSPS) is 12.5. The molecule has 0 aliphatic heterocycles. The minimum Gasteiger partial charge on any atom is -0.385 e. The second-order valence-electron chi connectivity index (χ2n) is 11.1. The number of hydrogen-bond acceptors (Lipinski definition) is 1. The third-order valence-corrected chi connectivity index (χ3v) is 7.74. The van der Waals surface area contributed by atoms with Crippen molar-refractivity contribution in [3.05, 3.63) is 0 Å². The second kappa shape index (κ2) is 30.0. The highest BCUT2D eigenvalue weighted by Crippen LogP contribution is 2.17. The van der Waals surface area contributed by atoms with Gasteiger partial charge in [-0.05, 0) is 12.3 Å². The van der Waals surface area contributed by atoms with Gasteiger partial charge < -0.3 is 4.74 Å². The first-order valence-corrected chi connectivity index (χ1v) is 15.8. The van der Waals surface area contributed by atoms with Crippen LogP contribution in [0.2, 0.25) is 0 Å². The van der Waals surface area contributed by atoms with Gasteiger partial charge in [0.1, 0.15) is 0 Å². The van der Waals surface area contributed by atoms with Crippen LogP contribution in [0.15, 0.2) is 0 Å². The lowest BCUT2D eigenvalue weighted by atomic mass is 9.99. The van der Waals surface area contributed by atoms with E-state index < -0.39 is 0 Å². The highest BCUT2D eigenvalue weighted by Gasteiger charge is 1.99. The maximum atomic E-state index is 5.10. The Morgan fingerprint density at radius 2 is 0.636 bits per heavy atom. The molecule has 0 aromatic heterocycles. The first-order valence-electron chi connectivity index (χ1n) is 15.8. The van der Waals surface area contributed by atoms with Crippen LogP contribution in [-0.4, -0.2) is 13.7 Å². The number of rotatable bonds is 29. The lowest BCUT2D eigenvalue weighted by molar-refractivity contribution is 0.192. The highest BCUT2D eigenvalue weighted by molar-refractivity contribution is 4.53. The summed E-state index contributed by atoms with van der Waals surface area (Å²) in [6.07, 6.45) is 39.3. The average Bonchev–Trinajstić information content (AvgIpc) is 2.83. The van der Waals surface area contributed by atoms with E-state index >= 15 is 0 Å². The van der Waals surface area contributed by atoms with E-state index in [0.717, 1.165) is 12.5 Å². The molecule has 0 saturated carbocycles. The third kappa shape index (κ3) is 29.9. The van der Waals surface area contributed by atoms with Crippen LogP contribution < -0.4 is 0 Å². The molecular formula is C32H66O. The molecule has 1 heteroatoms. The van der Waals surface area contributed by atoms with Crippen LogP contribution in [-0.2, 0) is 4.74 Å². The summed E-state index contributed by atoms with van der Waals surface area (Å²) >= 11 is 0. The lowest BCUT2D eigenvalue weighted by Gasteiger charge is -2.07. The van der Waals surface area contributed by atoms with Crippen LogP contribution in [0.1, 0.15) is 187 Å². The van der Waals surface area contributed by atoms with Crippen molar-refractivity contribution in [1.82, 2.24) is 0 Å². The van der Waals surface area contributed by atoms with Crippen LogP contribution in [0.5, 0.6) is 0 Å². The molecule has 0 fully saturated rings. The summed E-state index contributed by atoms with van der Waals surface area (Å²) in [5.74, 6) is 0.946. The van der Waals surface area contributed by atoms with Gasteiger partial charge in [0.15, 0.2) is 0 Å². The molecule has 1 nitrogen and oxygen atoms in total. The topological polar surface area (TPSA) is 9.23 Å². The zero-order valence-electron chi connectivity index (χ0n) is 23.8. The Kier molecular flexibility index (Phi) is 30.0.